The van der Waals surface area contributed by atoms with Gasteiger partial charge >= 0.3 is 5.69 Å². The topological polar surface area (TPSA) is 102 Å². The molecule has 31 heavy (non-hydrogen) atoms. The number of aromatic amines is 1. The van der Waals surface area contributed by atoms with Crippen LogP contribution in [0.5, 0.6) is 0 Å². The second-order valence-electron chi connectivity index (χ2n) is 7.69. The molecule has 1 amide bonds. The number of hydrogen-bond acceptors (Lipinski definition) is 4. The minimum absolute atomic E-state index is 0.363. The van der Waals surface area contributed by atoms with Crippen LogP contribution in [0.15, 0.2) is 64.3 Å². The number of anilines is 1. The smallest absolute Gasteiger partial charge is 0.329 e. The highest BCUT2D eigenvalue weighted by atomic mass is 16.2. The highest BCUT2D eigenvalue weighted by Gasteiger charge is 2.14. The minimum atomic E-state index is -0.613. The molecule has 8 nitrogen and oxygen atoms in total. The molecule has 5 rings (SSSR count). The summed E-state index contributed by atoms with van der Waals surface area (Å²) in [7, 11) is 0. The van der Waals surface area contributed by atoms with Crippen LogP contribution in [0.3, 0.4) is 0 Å². The van der Waals surface area contributed by atoms with Gasteiger partial charge in [-0.25, -0.2) is 9.78 Å². The van der Waals surface area contributed by atoms with Crippen molar-refractivity contribution in [3.05, 3.63) is 81.4 Å². The van der Waals surface area contributed by atoms with Crippen molar-refractivity contribution >= 4 is 22.5 Å². The van der Waals surface area contributed by atoms with Crippen molar-refractivity contribution in [2.24, 2.45) is 0 Å². The number of nitrogens with zero attached hydrogens (tertiary/aromatic N) is 3. The number of carbonyl (C=O) groups is 1. The Bertz CT molecular complexity index is 1370. The van der Waals surface area contributed by atoms with E-state index >= 15 is 0 Å². The summed E-state index contributed by atoms with van der Waals surface area (Å²) in [6, 6.07) is 14.1. The number of imidazole rings is 1. The minimum Gasteiger partial charge on any atom is -0.334 e. The highest BCUT2D eigenvalue weighted by Crippen LogP contribution is 2.24. The van der Waals surface area contributed by atoms with Gasteiger partial charge in [0, 0.05) is 30.4 Å². The van der Waals surface area contributed by atoms with Gasteiger partial charge in [-0.2, -0.15) is 0 Å². The van der Waals surface area contributed by atoms with E-state index in [-0.39, 0.29) is 6.54 Å². The summed E-state index contributed by atoms with van der Waals surface area (Å²) in [5.74, 6) is 0.665. The molecule has 2 aromatic carbocycles. The molecule has 0 unspecified atom stereocenters. The van der Waals surface area contributed by atoms with Crippen LogP contribution in [0.1, 0.15) is 18.7 Å². The number of nitrogens with one attached hydrogen (secondary N) is 2. The Morgan fingerprint density at radius 2 is 1.87 bits per heavy atom. The standard InChI is InChI=1S/C23H21N5O3/c29-21(14-28-22(30)17-5-1-2-6-18(17)26-23(28)31)24-16-10-8-15(9-11-16)19-13-27-12-4-3-7-20(27)25-19/h1-2,5-6,8-11,13H,3-4,7,12,14H2,(H,24,29)(H,26,31). The summed E-state index contributed by atoms with van der Waals surface area (Å²) >= 11 is 0. The second kappa shape index (κ2) is 7.71. The van der Waals surface area contributed by atoms with E-state index in [0.717, 1.165) is 34.6 Å². The SMILES string of the molecule is O=C(Cn1c(=O)[nH]c2ccccc2c1=O)Nc1ccc(-c2cn3c(n2)CCCC3)cc1. The number of amides is 1. The Hall–Kier alpha value is -3.94. The van der Waals surface area contributed by atoms with Crippen LogP contribution in [0, 0.1) is 0 Å². The molecule has 4 aromatic rings. The monoisotopic (exact) mass is 415 g/mol. The number of aromatic nitrogens is 4. The van der Waals surface area contributed by atoms with E-state index in [0.29, 0.717) is 16.6 Å². The third-order valence-corrected chi connectivity index (χ3v) is 5.56. The van der Waals surface area contributed by atoms with E-state index in [1.54, 1.807) is 36.4 Å². The maximum atomic E-state index is 12.6. The predicted molar refractivity (Wildman–Crippen MR) is 118 cm³/mol. The first-order chi connectivity index (χ1) is 15.1. The number of aryl methyl sites for hydroxylation is 2. The molecule has 8 heteroatoms. The third-order valence-electron chi connectivity index (χ3n) is 5.56. The lowest BCUT2D eigenvalue weighted by molar-refractivity contribution is -0.116. The van der Waals surface area contributed by atoms with E-state index in [2.05, 4.69) is 21.1 Å². The number of carbonyl (C=O) groups excluding carboxylic acids is 1. The van der Waals surface area contributed by atoms with Crippen molar-refractivity contribution in [2.45, 2.75) is 32.4 Å². The molecule has 2 aromatic heterocycles. The van der Waals surface area contributed by atoms with E-state index in [1.165, 1.54) is 12.8 Å². The maximum absolute atomic E-state index is 12.6. The molecule has 2 N–H and O–H groups in total. The normalized spacial score (nSPS) is 13.2. The van der Waals surface area contributed by atoms with E-state index in [9.17, 15) is 14.4 Å². The quantitative estimate of drug-likeness (QED) is 0.535. The fourth-order valence-corrected chi connectivity index (χ4v) is 3.96. The van der Waals surface area contributed by atoms with Gasteiger partial charge in [0.1, 0.15) is 12.4 Å². The van der Waals surface area contributed by atoms with Crippen molar-refractivity contribution in [3.63, 3.8) is 0 Å². The first-order valence-electron chi connectivity index (χ1n) is 10.3. The van der Waals surface area contributed by atoms with Gasteiger partial charge in [0.2, 0.25) is 5.91 Å². The molecule has 0 saturated heterocycles. The molecule has 0 spiro atoms. The average Bonchev–Trinajstić information content (AvgIpc) is 3.21. The number of para-hydroxylation sites is 1. The Labute approximate surface area is 177 Å². The lowest BCUT2D eigenvalue weighted by Crippen LogP contribution is -2.38. The summed E-state index contributed by atoms with van der Waals surface area (Å²) in [5.41, 5.74) is 1.83. The molecule has 0 aliphatic carbocycles. The molecular weight excluding hydrogens is 394 g/mol. The lowest BCUT2D eigenvalue weighted by atomic mass is 10.1. The zero-order valence-electron chi connectivity index (χ0n) is 16.8. The third kappa shape index (κ3) is 3.68. The van der Waals surface area contributed by atoms with Crippen molar-refractivity contribution in [3.8, 4) is 11.3 Å². The van der Waals surface area contributed by atoms with Gasteiger partial charge in [-0.15, -0.1) is 0 Å². The first kappa shape index (κ1) is 19.0. The molecule has 3 heterocycles. The van der Waals surface area contributed by atoms with Crippen LogP contribution in [-0.2, 0) is 24.3 Å². The van der Waals surface area contributed by atoms with Gasteiger partial charge in [-0.3, -0.25) is 14.2 Å². The number of rotatable bonds is 4. The molecule has 0 bridgehead atoms. The Morgan fingerprint density at radius 1 is 1.06 bits per heavy atom. The van der Waals surface area contributed by atoms with Crippen molar-refractivity contribution in [1.29, 1.82) is 0 Å². The maximum Gasteiger partial charge on any atom is 0.329 e. The largest absolute Gasteiger partial charge is 0.334 e. The van der Waals surface area contributed by atoms with Crippen molar-refractivity contribution in [2.75, 3.05) is 5.32 Å². The molecule has 0 fully saturated rings. The zero-order chi connectivity index (χ0) is 21.4. The summed E-state index contributed by atoms with van der Waals surface area (Å²) in [4.78, 5) is 44.6. The van der Waals surface area contributed by atoms with Crippen LogP contribution in [-0.4, -0.2) is 25.0 Å². The Kier molecular flexibility index (Phi) is 4.74. The van der Waals surface area contributed by atoms with E-state index in [4.69, 9.17) is 4.98 Å². The number of hydrogen-bond donors (Lipinski definition) is 2. The van der Waals surface area contributed by atoms with Crippen LogP contribution >= 0.6 is 0 Å². The lowest BCUT2D eigenvalue weighted by Gasteiger charge is -2.11. The van der Waals surface area contributed by atoms with Gasteiger partial charge < -0.3 is 14.9 Å². The first-order valence-corrected chi connectivity index (χ1v) is 10.3. The van der Waals surface area contributed by atoms with Gasteiger partial charge in [-0.05, 0) is 37.1 Å². The fourth-order valence-electron chi connectivity index (χ4n) is 3.96. The van der Waals surface area contributed by atoms with Crippen molar-refractivity contribution in [1.82, 2.24) is 19.1 Å². The summed E-state index contributed by atoms with van der Waals surface area (Å²) in [6.45, 7) is 0.637. The van der Waals surface area contributed by atoms with Crippen molar-refractivity contribution < 1.29 is 4.79 Å². The number of H-pyrrole nitrogens is 1. The van der Waals surface area contributed by atoms with Crippen LogP contribution in [0.2, 0.25) is 0 Å². The zero-order valence-corrected chi connectivity index (χ0v) is 16.8. The van der Waals surface area contributed by atoms with Crippen LogP contribution in [0.4, 0.5) is 5.69 Å². The van der Waals surface area contributed by atoms with Gasteiger partial charge in [0.25, 0.3) is 5.56 Å². The van der Waals surface area contributed by atoms with E-state index < -0.39 is 17.2 Å². The van der Waals surface area contributed by atoms with Gasteiger partial charge in [0.15, 0.2) is 0 Å². The van der Waals surface area contributed by atoms with Crippen LogP contribution in [0.25, 0.3) is 22.2 Å². The Morgan fingerprint density at radius 3 is 2.68 bits per heavy atom. The molecule has 0 radical (unpaired) electrons. The fraction of sp³-hybridized carbons (Fsp3) is 0.217. The van der Waals surface area contributed by atoms with Gasteiger partial charge in [-0.1, -0.05) is 24.3 Å². The highest BCUT2D eigenvalue weighted by molar-refractivity contribution is 5.91. The molecular formula is C23H21N5O3. The second-order valence-corrected chi connectivity index (χ2v) is 7.69. The summed E-state index contributed by atoms with van der Waals surface area (Å²) < 4.78 is 3.11. The van der Waals surface area contributed by atoms with Gasteiger partial charge in [0.05, 0.1) is 16.6 Å². The number of benzene rings is 2. The average molecular weight is 415 g/mol. The van der Waals surface area contributed by atoms with E-state index in [1.807, 2.05) is 12.1 Å². The number of fused-ring (bicyclic) bond motifs is 2. The molecule has 1 aliphatic heterocycles. The van der Waals surface area contributed by atoms with Crippen LogP contribution < -0.4 is 16.6 Å². The Balaban J connectivity index is 1.32. The molecule has 1 aliphatic rings. The summed E-state index contributed by atoms with van der Waals surface area (Å²) in [6.07, 6.45) is 5.42. The molecule has 0 atom stereocenters. The summed E-state index contributed by atoms with van der Waals surface area (Å²) in [5, 5.41) is 3.11. The molecule has 156 valence electrons. The molecule has 0 saturated carbocycles. The predicted octanol–water partition coefficient (Wildman–Crippen LogP) is 2.53.